The van der Waals surface area contributed by atoms with Gasteiger partial charge < -0.3 is 0 Å². The summed E-state index contributed by atoms with van der Waals surface area (Å²) < 4.78 is 0. The first-order chi connectivity index (χ1) is 6.81. The Balaban J connectivity index is 2.32. The van der Waals surface area contributed by atoms with Crippen LogP contribution in [0, 0.1) is 0 Å². The second-order valence-electron chi connectivity index (χ2n) is 2.78. The van der Waals surface area contributed by atoms with Gasteiger partial charge in [0.1, 0.15) is 5.71 Å². The summed E-state index contributed by atoms with van der Waals surface area (Å²) in [6.45, 7) is 0. The van der Waals surface area contributed by atoms with Gasteiger partial charge in [-0.05, 0) is 12.1 Å². The highest BCUT2D eigenvalue weighted by atomic mass is 16.2. The van der Waals surface area contributed by atoms with Gasteiger partial charge in [0.05, 0.1) is 6.42 Å². The Kier molecular flexibility index (Phi) is 2.06. The maximum atomic E-state index is 11.4. The van der Waals surface area contributed by atoms with E-state index in [1.165, 1.54) is 0 Å². The van der Waals surface area contributed by atoms with Crippen molar-refractivity contribution in [2.75, 3.05) is 5.01 Å². The average Bonchev–Trinajstić information content (AvgIpc) is 2.61. The summed E-state index contributed by atoms with van der Waals surface area (Å²) in [5.41, 5.74) is 0.237. The van der Waals surface area contributed by atoms with Gasteiger partial charge in [-0.25, -0.2) is 4.98 Å². The average molecular weight is 189 g/mol. The first-order valence-electron chi connectivity index (χ1n) is 4.08. The second kappa shape index (κ2) is 3.37. The molecule has 1 aromatic rings. The van der Waals surface area contributed by atoms with Crippen molar-refractivity contribution in [2.45, 2.75) is 6.42 Å². The van der Waals surface area contributed by atoms with Crippen molar-refractivity contribution in [3.05, 3.63) is 24.4 Å². The number of pyridine rings is 1. The van der Waals surface area contributed by atoms with Crippen LogP contribution in [0.25, 0.3) is 0 Å². The molecule has 0 saturated carbocycles. The minimum Gasteiger partial charge on any atom is -0.296 e. The van der Waals surface area contributed by atoms with Gasteiger partial charge in [0.2, 0.25) is 0 Å². The summed E-state index contributed by atoms with van der Waals surface area (Å²) >= 11 is 0. The Hall–Kier alpha value is -2.04. The summed E-state index contributed by atoms with van der Waals surface area (Å²) in [7, 11) is 0. The van der Waals surface area contributed by atoms with Crippen LogP contribution in [0.1, 0.15) is 6.42 Å². The van der Waals surface area contributed by atoms with Crippen molar-refractivity contribution in [1.82, 2.24) is 4.98 Å². The number of aldehydes is 1. The number of anilines is 1. The lowest BCUT2D eigenvalue weighted by molar-refractivity contribution is -0.117. The van der Waals surface area contributed by atoms with E-state index in [9.17, 15) is 9.59 Å². The molecule has 0 spiro atoms. The highest BCUT2D eigenvalue weighted by molar-refractivity contribution is 6.36. The molecule has 5 nitrogen and oxygen atoms in total. The lowest BCUT2D eigenvalue weighted by Crippen LogP contribution is -2.20. The zero-order chi connectivity index (χ0) is 9.97. The van der Waals surface area contributed by atoms with Crippen molar-refractivity contribution >= 4 is 23.7 Å². The molecule has 0 fully saturated rings. The molecule has 2 rings (SSSR count). The van der Waals surface area contributed by atoms with Gasteiger partial charge in [-0.15, -0.1) is 0 Å². The molecule has 1 aliphatic rings. The van der Waals surface area contributed by atoms with Crippen LogP contribution in [0.5, 0.6) is 0 Å². The number of amides is 1. The van der Waals surface area contributed by atoms with Crippen molar-refractivity contribution in [2.24, 2.45) is 5.10 Å². The quantitative estimate of drug-likeness (QED) is 0.631. The summed E-state index contributed by atoms with van der Waals surface area (Å²) in [6.07, 6.45) is 2.21. The molecule has 0 aromatic carbocycles. The van der Waals surface area contributed by atoms with E-state index >= 15 is 0 Å². The molecule has 1 aliphatic heterocycles. The molecule has 0 atom stereocenters. The van der Waals surface area contributed by atoms with E-state index in [1.54, 1.807) is 24.4 Å². The Morgan fingerprint density at radius 1 is 1.43 bits per heavy atom. The van der Waals surface area contributed by atoms with Crippen LogP contribution in [0.4, 0.5) is 5.82 Å². The number of hydrogen-bond donors (Lipinski definition) is 0. The van der Waals surface area contributed by atoms with Crippen LogP contribution in [-0.4, -0.2) is 22.9 Å². The SMILES string of the molecule is O=CC1=NN(c2ccccn2)C(=O)C1. The van der Waals surface area contributed by atoms with Gasteiger partial charge in [-0.2, -0.15) is 10.1 Å². The van der Waals surface area contributed by atoms with Crippen LogP contribution in [0.15, 0.2) is 29.5 Å². The molecular weight excluding hydrogens is 182 g/mol. The largest absolute Gasteiger partial charge is 0.296 e. The van der Waals surface area contributed by atoms with Crippen LogP contribution in [0.2, 0.25) is 0 Å². The van der Waals surface area contributed by atoms with Crippen molar-refractivity contribution in [3.63, 3.8) is 0 Å². The third-order valence-corrected chi connectivity index (χ3v) is 1.80. The molecular formula is C9H7N3O2. The summed E-state index contributed by atoms with van der Waals surface area (Å²) in [6, 6.07) is 5.16. The highest BCUT2D eigenvalue weighted by Crippen LogP contribution is 2.16. The first kappa shape index (κ1) is 8.55. The number of carbonyl (C=O) groups is 2. The van der Waals surface area contributed by atoms with E-state index in [0.29, 0.717) is 12.1 Å². The number of hydrogen-bond acceptors (Lipinski definition) is 4. The lowest BCUT2D eigenvalue weighted by atomic mass is 10.3. The molecule has 5 heteroatoms. The molecule has 1 amide bonds. The van der Waals surface area contributed by atoms with Gasteiger partial charge in [-0.1, -0.05) is 6.07 Å². The number of hydrazone groups is 1. The Morgan fingerprint density at radius 3 is 2.86 bits per heavy atom. The maximum absolute atomic E-state index is 11.4. The van der Waals surface area contributed by atoms with E-state index in [2.05, 4.69) is 10.1 Å². The van der Waals surface area contributed by atoms with Crippen molar-refractivity contribution < 1.29 is 9.59 Å². The van der Waals surface area contributed by atoms with Crippen LogP contribution < -0.4 is 5.01 Å². The molecule has 14 heavy (non-hydrogen) atoms. The van der Waals surface area contributed by atoms with Gasteiger partial charge in [-0.3, -0.25) is 9.59 Å². The Morgan fingerprint density at radius 2 is 2.29 bits per heavy atom. The van der Waals surface area contributed by atoms with Crippen LogP contribution in [-0.2, 0) is 9.59 Å². The minimum absolute atomic E-state index is 0.0556. The Bertz CT molecular complexity index is 400. The molecule has 0 radical (unpaired) electrons. The molecule has 0 aliphatic carbocycles. The topological polar surface area (TPSA) is 62.6 Å². The molecule has 0 unspecified atom stereocenters. The number of carbonyl (C=O) groups excluding carboxylic acids is 2. The van der Waals surface area contributed by atoms with Gasteiger partial charge in [0.25, 0.3) is 5.91 Å². The van der Waals surface area contributed by atoms with Gasteiger partial charge in [0, 0.05) is 6.20 Å². The van der Waals surface area contributed by atoms with E-state index in [0.717, 1.165) is 5.01 Å². The minimum atomic E-state index is -0.231. The van der Waals surface area contributed by atoms with E-state index in [1.807, 2.05) is 0 Å². The fourth-order valence-electron chi connectivity index (χ4n) is 1.17. The summed E-state index contributed by atoms with van der Waals surface area (Å²) in [5.74, 6) is 0.208. The third-order valence-electron chi connectivity index (χ3n) is 1.80. The van der Waals surface area contributed by atoms with E-state index in [4.69, 9.17) is 0 Å². The molecule has 2 heterocycles. The van der Waals surface area contributed by atoms with E-state index < -0.39 is 0 Å². The lowest BCUT2D eigenvalue weighted by Gasteiger charge is -2.08. The van der Waals surface area contributed by atoms with Gasteiger partial charge >= 0.3 is 0 Å². The first-order valence-corrected chi connectivity index (χ1v) is 4.08. The predicted molar refractivity (Wildman–Crippen MR) is 49.8 cm³/mol. The zero-order valence-corrected chi connectivity index (χ0v) is 7.25. The standard InChI is InChI=1S/C9H7N3O2/c13-6-7-5-9(14)12(11-7)8-3-1-2-4-10-8/h1-4,6H,5H2. The smallest absolute Gasteiger partial charge is 0.255 e. The monoisotopic (exact) mass is 189 g/mol. The number of aromatic nitrogens is 1. The highest BCUT2D eigenvalue weighted by Gasteiger charge is 2.25. The predicted octanol–water partition coefficient (Wildman–Crippen LogP) is 0.373. The van der Waals surface area contributed by atoms with Gasteiger partial charge in [0.15, 0.2) is 12.1 Å². The van der Waals surface area contributed by atoms with Crippen LogP contribution in [0.3, 0.4) is 0 Å². The maximum Gasteiger partial charge on any atom is 0.255 e. The van der Waals surface area contributed by atoms with Crippen molar-refractivity contribution in [3.8, 4) is 0 Å². The summed E-state index contributed by atoms with van der Waals surface area (Å²) in [4.78, 5) is 25.7. The Labute approximate surface area is 80.1 Å². The number of rotatable bonds is 2. The third kappa shape index (κ3) is 1.39. The fourth-order valence-corrected chi connectivity index (χ4v) is 1.17. The summed E-state index contributed by atoms with van der Waals surface area (Å²) in [5, 5.41) is 4.97. The van der Waals surface area contributed by atoms with Crippen molar-refractivity contribution in [1.29, 1.82) is 0 Å². The second-order valence-corrected chi connectivity index (χ2v) is 2.78. The van der Waals surface area contributed by atoms with Crippen LogP contribution >= 0.6 is 0 Å². The normalized spacial score (nSPS) is 15.6. The molecule has 1 aromatic heterocycles. The zero-order valence-electron chi connectivity index (χ0n) is 7.25. The molecule has 70 valence electrons. The number of nitrogens with zero attached hydrogens (tertiary/aromatic N) is 3. The van der Waals surface area contributed by atoms with E-state index in [-0.39, 0.29) is 18.0 Å². The molecule has 0 saturated heterocycles. The molecule has 0 bridgehead atoms. The fraction of sp³-hybridized carbons (Fsp3) is 0.111. The molecule has 0 N–H and O–H groups in total.